The molecule has 1 atom stereocenters. The third kappa shape index (κ3) is 2.44. The van der Waals surface area contributed by atoms with Crippen LogP contribution in [-0.4, -0.2) is 27.4 Å². The Morgan fingerprint density at radius 3 is 2.43 bits per heavy atom. The highest BCUT2D eigenvalue weighted by Gasteiger charge is 2.66. The number of nitrogens with one attached hydrogen (secondary N) is 1. The maximum absolute atomic E-state index is 14.3. The lowest BCUT2D eigenvalue weighted by molar-refractivity contribution is -0.214. The minimum Gasteiger partial charge on any atom is -0.315 e. The van der Waals surface area contributed by atoms with E-state index in [9.17, 15) is 22.8 Å². The van der Waals surface area contributed by atoms with Gasteiger partial charge < -0.3 is 5.32 Å². The molecule has 0 saturated carbocycles. The molecule has 0 aliphatic carbocycles. The standard InChI is InChI=1S/C20H16F3N3O2/c1-11-8-14-15(9-12(11)2)26-17(24-14)10-16(27)19(26,20(21,22)23)25-18(28)13-6-4-3-5-7-13/h3-9H,10H2,1-2H3,(H,25,28). The second kappa shape index (κ2) is 5.92. The van der Waals surface area contributed by atoms with Crippen LogP contribution in [0.15, 0.2) is 42.5 Å². The fourth-order valence-corrected chi connectivity index (χ4v) is 3.58. The molecule has 1 aliphatic rings. The Kier molecular flexibility index (Phi) is 3.85. The molecule has 1 unspecified atom stereocenters. The molecule has 8 heteroatoms. The first-order chi connectivity index (χ1) is 13.1. The second-order valence-corrected chi connectivity index (χ2v) is 6.92. The molecule has 144 valence electrons. The molecule has 3 aromatic rings. The molecular weight excluding hydrogens is 371 g/mol. The summed E-state index contributed by atoms with van der Waals surface area (Å²) < 4.78 is 43.8. The van der Waals surface area contributed by atoms with E-state index in [1.54, 1.807) is 25.1 Å². The van der Waals surface area contributed by atoms with Crippen molar-refractivity contribution in [2.75, 3.05) is 0 Å². The summed E-state index contributed by atoms with van der Waals surface area (Å²) in [4.78, 5) is 29.4. The number of alkyl halides is 3. The zero-order chi connectivity index (χ0) is 20.3. The summed E-state index contributed by atoms with van der Waals surface area (Å²) in [6, 6.07) is 10.7. The Bertz CT molecular complexity index is 1120. The van der Waals surface area contributed by atoms with Crippen molar-refractivity contribution in [2.45, 2.75) is 32.1 Å². The molecule has 4 rings (SSSR count). The van der Waals surface area contributed by atoms with Crippen molar-refractivity contribution < 1.29 is 22.8 Å². The van der Waals surface area contributed by atoms with E-state index in [0.29, 0.717) is 5.52 Å². The number of amides is 1. The molecule has 0 spiro atoms. The van der Waals surface area contributed by atoms with Gasteiger partial charge in [-0.3, -0.25) is 14.2 Å². The normalized spacial score (nSPS) is 19.1. The number of ketones is 1. The van der Waals surface area contributed by atoms with E-state index in [4.69, 9.17) is 0 Å². The van der Waals surface area contributed by atoms with Gasteiger partial charge in [-0.15, -0.1) is 0 Å². The number of aromatic nitrogens is 2. The van der Waals surface area contributed by atoms with Crippen molar-refractivity contribution in [3.05, 3.63) is 65.0 Å². The number of carbonyl (C=O) groups excluding carboxylic acids is 2. The fraction of sp³-hybridized carbons (Fsp3) is 0.250. The molecule has 0 fully saturated rings. The summed E-state index contributed by atoms with van der Waals surface area (Å²) in [5, 5.41) is 1.98. The SMILES string of the molecule is Cc1cc2nc3n(c2cc1C)C(NC(=O)c1ccccc1)(C(F)(F)F)C(=O)C3. The number of hydrogen-bond acceptors (Lipinski definition) is 3. The maximum Gasteiger partial charge on any atom is 0.438 e. The van der Waals surface area contributed by atoms with E-state index < -0.39 is 30.0 Å². The highest BCUT2D eigenvalue weighted by molar-refractivity contribution is 6.02. The number of fused-ring (bicyclic) bond motifs is 3. The minimum absolute atomic E-state index is 0.0179. The third-order valence-electron chi connectivity index (χ3n) is 5.14. The molecule has 1 aromatic heterocycles. The lowest BCUT2D eigenvalue weighted by Crippen LogP contribution is -2.62. The van der Waals surface area contributed by atoms with Gasteiger partial charge in [0.2, 0.25) is 0 Å². The predicted octanol–water partition coefficient (Wildman–Crippen LogP) is 3.42. The number of halogens is 3. The van der Waals surface area contributed by atoms with E-state index in [2.05, 4.69) is 4.98 Å². The molecule has 2 aromatic carbocycles. The van der Waals surface area contributed by atoms with Crippen LogP contribution in [-0.2, 0) is 16.9 Å². The topological polar surface area (TPSA) is 64.0 Å². The number of carbonyl (C=O) groups is 2. The quantitative estimate of drug-likeness (QED) is 0.733. The Balaban J connectivity index is 1.95. The van der Waals surface area contributed by atoms with E-state index in [0.717, 1.165) is 15.7 Å². The van der Waals surface area contributed by atoms with Crippen LogP contribution in [0, 0.1) is 13.8 Å². The molecular formula is C20H16F3N3O2. The first kappa shape index (κ1) is 18.2. The first-order valence-corrected chi connectivity index (χ1v) is 8.62. The minimum atomic E-state index is -5.05. The summed E-state index contributed by atoms with van der Waals surface area (Å²) in [5.74, 6) is -2.16. The summed E-state index contributed by atoms with van der Waals surface area (Å²) in [5.41, 5.74) is -1.00. The number of benzene rings is 2. The molecule has 2 heterocycles. The number of Topliss-reactive ketones (excluding diaryl/α,β-unsaturated/α-hetero) is 1. The van der Waals surface area contributed by atoms with E-state index in [1.165, 1.54) is 24.3 Å². The monoisotopic (exact) mass is 387 g/mol. The first-order valence-electron chi connectivity index (χ1n) is 8.62. The summed E-state index contributed by atoms with van der Waals surface area (Å²) in [7, 11) is 0. The van der Waals surface area contributed by atoms with Crippen molar-refractivity contribution in [1.82, 2.24) is 14.9 Å². The molecule has 28 heavy (non-hydrogen) atoms. The molecule has 0 saturated heterocycles. The van der Waals surface area contributed by atoms with E-state index in [1.807, 2.05) is 12.2 Å². The molecule has 1 amide bonds. The summed E-state index contributed by atoms with van der Waals surface area (Å²) in [6.07, 6.45) is -5.56. The molecule has 1 aliphatic heterocycles. The zero-order valence-corrected chi connectivity index (χ0v) is 15.1. The van der Waals surface area contributed by atoms with Crippen LogP contribution in [0.4, 0.5) is 13.2 Å². The smallest absolute Gasteiger partial charge is 0.315 e. The van der Waals surface area contributed by atoms with E-state index >= 15 is 0 Å². The van der Waals surface area contributed by atoms with Gasteiger partial charge in [-0.05, 0) is 49.2 Å². The average molecular weight is 387 g/mol. The predicted molar refractivity (Wildman–Crippen MR) is 95.9 cm³/mol. The van der Waals surface area contributed by atoms with Crippen LogP contribution in [0.25, 0.3) is 11.0 Å². The van der Waals surface area contributed by atoms with Crippen molar-refractivity contribution in [1.29, 1.82) is 0 Å². The van der Waals surface area contributed by atoms with Crippen LogP contribution in [0.1, 0.15) is 27.3 Å². The van der Waals surface area contributed by atoms with Crippen LogP contribution in [0.5, 0.6) is 0 Å². The number of rotatable bonds is 2. The zero-order valence-electron chi connectivity index (χ0n) is 15.1. The van der Waals surface area contributed by atoms with E-state index in [-0.39, 0.29) is 16.9 Å². The van der Waals surface area contributed by atoms with Crippen molar-refractivity contribution >= 4 is 22.7 Å². The Hall–Kier alpha value is -3.16. The van der Waals surface area contributed by atoms with Crippen LogP contribution in [0.3, 0.4) is 0 Å². The summed E-state index contributed by atoms with van der Waals surface area (Å²) >= 11 is 0. The molecule has 0 bridgehead atoms. The lowest BCUT2D eigenvalue weighted by Gasteiger charge is -2.33. The Labute approximate surface area is 158 Å². The highest BCUT2D eigenvalue weighted by atomic mass is 19.4. The molecule has 5 nitrogen and oxygen atoms in total. The van der Waals surface area contributed by atoms with Crippen molar-refractivity contribution in [3.63, 3.8) is 0 Å². The summed E-state index contributed by atoms with van der Waals surface area (Å²) in [6.45, 7) is 3.60. The number of imidazole rings is 1. The van der Waals surface area contributed by atoms with Gasteiger partial charge in [0.15, 0.2) is 5.78 Å². The fourth-order valence-electron chi connectivity index (χ4n) is 3.58. The van der Waals surface area contributed by atoms with Gasteiger partial charge in [0, 0.05) is 5.56 Å². The van der Waals surface area contributed by atoms with Crippen LogP contribution in [0.2, 0.25) is 0 Å². The number of hydrogen-bond donors (Lipinski definition) is 1. The largest absolute Gasteiger partial charge is 0.438 e. The van der Waals surface area contributed by atoms with Crippen molar-refractivity contribution in [3.8, 4) is 0 Å². The van der Waals surface area contributed by atoms with Crippen LogP contribution < -0.4 is 5.32 Å². The third-order valence-corrected chi connectivity index (χ3v) is 5.14. The lowest BCUT2D eigenvalue weighted by atomic mass is 10.0. The molecule has 1 N–H and O–H groups in total. The van der Waals surface area contributed by atoms with Gasteiger partial charge in [-0.25, -0.2) is 4.98 Å². The Morgan fingerprint density at radius 2 is 1.79 bits per heavy atom. The Morgan fingerprint density at radius 1 is 1.14 bits per heavy atom. The molecule has 0 radical (unpaired) electrons. The number of nitrogens with zero attached hydrogens (tertiary/aromatic N) is 2. The average Bonchev–Trinajstić information content (AvgIpc) is 3.10. The van der Waals surface area contributed by atoms with Gasteiger partial charge >= 0.3 is 6.18 Å². The van der Waals surface area contributed by atoms with Gasteiger partial charge in [0.1, 0.15) is 5.82 Å². The second-order valence-electron chi connectivity index (χ2n) is 6.92. The number of aryl methyl sites for hydroxylation is 2. The van der Waals surface area contributed by atoms with Crippen molar-refractivity contribution in [2.24, 2.45) is 0 Å². The van der Waals surface area contributed by atoms with Gasteiger partial charge in [-0.2, -0.15) is 13.2 Å². The van der Waals surface area contributed by atoms with Gasteiger partial charge in [-0.1, -0.05) is 18.2 Å². The van der Waals surface area contributed by atoms with Crippen LogP contribution >= 0.6 is 0 Å². The van der Waals surface area contributed by atoms with Gasteiger partial charge in [0.25, 0.3) is 11.6 Å². The highest BCUT2D eigenvalue weighted by Crippen LogP contribution is 2.43. The maximum atomic E-state index is 14.3. The van der Waals surface area contributed by atoms with Gasteiger partial charge in [0.05, 0.1) is 17.5 Å².